The Morgan fingerprint density at radius 2 is 2.14 bits per heavy atom. The van der Waals surface area contributed by atoms with Gasteiger partial charge in [-0.1, -0.05) is 18.7 Å². The minimum absolute atomic E-state index is 0.0238. The van der Waals surface area contributed by atoms with Gasteiger partial charge in [-0.25, -0.2) is 0 Å². The molecule has 0 amide bonds. The second-order valence-corrected chi connectivity index (χ2v) is 3.47. The van der Waals surface area contributed by atoms with Crippen LogP contribution in [-0.2, 0) is 0 Å². The van der Waals surface area contributed by atoms with Crippen LogP contribution in [0, 0.1) is 0 Å². The fraction of sp³-hybridized carbons (Fsp3) is 0.455. The summed E-state index contributed by atoms with van der Waals surface area (Å²) in [5, 5.41) is 3.09. The van der Waals surface area contributed by atoms with Crippen molar-refractivity contribution in [1.82, 2.24) is 10.2 Å². The summed E-state index contributed by atoms with van der Waals surface area (Å²) in [6.45, 7) is 6.44. The molecule has 0 aliphatic carbocycles. The van der Waals surface area contributed by atoms with Crippen molar-refractivity contribution in [2.75, 3.05) is 20.6 Å². The van der Waals surface area contributed by atoms with Crippen LogP contribution in [0.1, 0.15) is 6.92 Å². The van der Waals surface area contributed by atoms with Crippen LogP contribution in [0.2, 0.25) is 0 Å². The van der Waals surface area contributed by atoms with E-state index in [9.17, 15) is 0 Å². The molecule has 0 aliphatic heterocycles. The van der Waals surface area contributed by atoms with Crippen molar-refractivity contribution in [3.63, 3.8) is 0 Å². The number of hydrogen-bond donors (Lipinski definition) is 2. The van der Waals surface area contributed by atoms with E-state index in [4.69, 9.17) is 5.73 Å². The SMILES string of the molecule is C=C(C)NC/C=C\C(N)C=CN(C)C. The Kier molecular flexibility index (Phi) is 6.58. The molecule has 0 saturated heterocycles. The summed E-state index contributed by atoms with van der Waals surface area (Å²) in [5.74, 6) is 0. The molecule has 0 aliphatic rings. The highest BCUT2D eigenvalue weighted by Crippen LogP contribution is 1.87. The van der Waals surface area contributed by atoms with E-state index in [1.165, 1.54) is 0 Å². The average Bonchev–Trinajstić information content (AvgIpc) is 2.08. The molecule has 3 heteroatoms. The Morgan fingerprint density at radius 3 is 2.64 bits per heavy atom. The van der Waals surface area contributed by atoms with E-state index >= 15 is 0 Å². The molecular formula is C11H21N3. The molecule has 1 atom stereocenters. The number of nitrogens with zero attached hydrogens (tertiary/aromatic N) is 1. The van der Waals surface area contributed by atoms with E-state index in [0.29, 0.717) is 0 Å². The highest BCUT2D eigenvalue weighted by molar-refractivity contribution is 5.05. The zero-order valence-electron chi connectivity index (χ0n) is 9.33. The minimum atomic E-state index is -0.0238. The van der Waals surface area contributed by atoms with Crippen molar-refractivity contribution in [3.05, 3.63) is 36.7 Å². The summed E-state index contributed by atoms with van der Waals surface area (Å²) in [6.07, 6.45) is 7.84. The molecule has 0 radical (unpaired) electrons. The van der Waals surface area contributed by atoms with Gasteiger partial charge in [0.2, 0.25) is 0 Å². The van der Waals surface area contributed by atoms with Gasteiger partial charge in [-0.15, -0.1) is 0 Å². The lowest BCUT2D eigenvalue weighted by molar-refractivity contribution is 0.560. The van der Waals surface area contributed by atoms with E-state index in [2.05, 4.69) is 11.9 Å². The van der Waals surface area contributed by atoms with Gasteiger partial charge in [0.05, 0.1) is 0 Å². The van der Waals surface area contributed by atoms with E-state index in [1.54, 1.807) is 0 Å². The molecular weight excluding hydrogens is 174 g/mol. The van der Waals surface area contributed by atoms with Gasteiger partial charge in [0.25, 0.3) is 0 Å². The maximum Gasteiger partial charge on any atom is 0.0428 e. The summed E-state index contributed by atoms with van der Waals surface area (Å²) in [4.78, 5) is 1.96. The zero-order chi connectivity index (χ0) is 11.0. The van der Waals surface area contributed by atoms with Gasteiger partial charge >= 0.3 is 0 Å². The van der Waals surface area contributed by atoms with E-state index in [-0.39, 0.29) is 6.04 Å². The quantitative estimate of drug-likeness (QED) is 0.623. The molecule has 3 N–H and O–H groups in total. The van der Waals surface area contributed by atoms with E-state index in [0.717, 1.165) is 12.2 Å². The van der Waals surface area contributed by atoms with Crippen molar-refractivity contribution >= 4 is 0 Å². The lowest BCUT2D eigenvalue weighted by atomic mass is 10.3. The summed E-state index contributed by atoms with van der Waals surface area (Å²) in [5.41, 5.74) is 6.75. The first-order valence-electron chi connectivity index (χ1n) is 4.68. The van der Waals surface area contributed by atoms with Crippen LogP contribution < -0.4 is 11.1 Å². The first-order chi connectivity index (χ1) is 6.52. The van der Waals surface area contributed by atoms with Crippen molar-refractivity contribution < 1.29 is 0 Å². The Hall–Kier alpha value is -1.22. The summed E-state index contributed by atoms with van der Waals surface area (Å²) in [7, 11) is 3.94. The second kappa shape index (κ2) is 7.21. The third-order valence-electron chi connectivity index (χ3n) is 1.49. The van der Waals surface area contributed by atoms with Crippen molar-refractivity contribution in [1.29, 1.82) is 0 Å². The third kappa shape index (κ3) is 8.87. The molecule has 0 heterocycles. The Bertz CT molecular complexity index is 217. The predicted molar refractivity (Wildman–Crippen MR) is 62.8 cm³/mol. The van der Waals surface area contributed by atoms with Crippen molar-refractivity contribution in [2.45, 2.75) is 13.0 Å². The number of hydrogen-bond acceptors (Lipinski definition) is 3. The van der Waals surface area contributed by atoms with Crippen LogP contribution in [0.15, 0.2) is 36.7 Å². The molecule has 0 fully saturated rings. The topological polar surface area (TPSA) is 41.3 Å². The summed E-state index contributed by atoms with van der Waals surface area (Å²) >= 11 is 0. The Morgan fingerprint density at radius 1 is 1.50 bits per heavy atom. The van der Waals surface area contributed by atoms with Crippen LogP contribution in [0.5, 0.6) is 0 Å². The van der Waals surface area contributed by atoms with Gasteiger partial charge in [-0.2, -0.15) is 0 Å². The average molecular weight is 195 g/mol. The smallest absolute Gasteiger partial charge is 0.0428 e. The molecule has 0 spiro atoms. The largest absolute Gasteiger partial charge is 0.386 e. The molecule has 0 aromatic heterocycles. The number of rotatable bonds is 6. The molecule has 0 bridgehead atoms. The highest BCUT2D eigenvalue weighted by atomic mass is 15.0. The molecule has 14 heavy (non-hydrogen) atoms. The van der Waals surface area contributed by atoms with Gasteiger partial charge in [-0.05, 0) is 19.2 Å². The molecule has 1 unspecified atom stereocenters. The molecule has 0 saturated carbocycles. The zero-order valence-corrected chi connectivity index (χ0v) is 9.33. The lowest BCUT2D eigenvalue weighted by Crippen LogP contribution is -2.16. The Balaban J connectivity index is 3.70. The minimum Gasteiger partial charge on any atom is -0.386 e. The van der Waals surface area contributed by atoms with Gasteiger partial charge in [0, 0.05) is 32.4 Å². The molecule has 0 aromatic carbocycles. The fourth-order valence-electron chi connectivity index (χ4n) is 0.794. The van der Waals surface area contributed by atoms with Crippen molar-refractivity contribution in [2.24, 2.45) is 5.73 Å². The summed E-state index contributed by atoms with van der Waals surface area (Å²) in [6, 6.07) is -0.0238. The maximum atomic E-state index is 5.79. The molecule has 0 aromatic rings. The molecule has 80 valence electrons. The normalized spacial score (nSPS) is 13.4. The van der Waals surface area contributed by atoms with Crippen LogP contribution in [0.4, 0.5) is 0 Å². The standard InChI is InChI=1S/C11H21N3/c1-10(2)13-8-5-6-11(12)7-9-14(3)4/h5-7,9,11,13H,1,8,12H2,2-4H3/b6-5-,9-7?. The van der Waals surface area contributed by atoms with E-state index < -0.39 is 0 Å². The summed E-state index contributed by atoms with van der Waals surface area (Å²) < 4.78 is 0. The number of allylic oxidation sites excluding steroid dienone is 1. The van der Waals surface area contributed by atoms with Gasteiger partial charge in [0.15, 0.2) is 0 Å². The van der Waals surface area contributed by atoms with Gasteiger partial charge in [-0.3, -0.25) is 0 Å². The number of nitrogens with two attached hydrogens (primary N) is 1. The van der Waals surface area contributed by atoms with Gasteiger partial charge in [0.1, 0.15) is 0 Å². The third-order valence-corrected chi connectivity index (χ3v) is 1.49. The fourth-order valence-corrected chi connectivity index (χ4v) is 0.794. The maximum absolute atomic E-state index is 5.79. The van der Waals surface area contributed by atoms with E-state index in [1.807, 2.05) is 50.3 Å². The Labute approximate surface area is 87.0 Å². The monoisotopic (exact) mass is 195 g/mol. The molecule has 3 nitrogen and oxygen atoms in total. The first kappa shape index (κ1) is 12.8. The lowest BCUT2D eigenvalue weighted by Gasteiger charge is -2.05. The first-order valence-corrected chi connectivity index (χ1v) is 4.68. The van der Waals surface area contributed by atoms with Crippen LogP contribution >= 0.6 is 0 Å². The van der Waals surface area contributed by atoms with Gasteiger partial charge < -0.3 is 16.0 Å². The van der Waals surface area contributed by atoms with Crippen LogP contribution in [0.25, 0.3) is 0 Å². The van der Waals surface area contributed by atoms with Crippen LogP contribution in [-0.4, -0.2) is 31.6 Å². The number of nitrogens with one attached hydrogen (secondary N) is 1. The second-order valence-electron chi connectivity index (χ2n) is 3.47. The molecule has 0 rings (SSSR count). The highest BCUT2D eigenvalue weighted by Gasteiger charge is 1.88. The predicted octanol–water partition coefficient (Wildman–Crippen LogP) is 1.07. The van der Waals surface area contributed by atoms with Crippen molar-refractivity contribution in [3.8, 4) is 0 Å². The van der Waals surface area contributed by atoms with Crippen LogP contribution in [0.3, 0.4) is 0 Å².